The summed E-state index contributed by atoms with van der Waals surface area (Å²) in [6, 6.07) is 0. The lowest BCUT2D eigenvalue weighted by atomic mass is 10.3. The Morgan fingerprint density at radius 2 is 2.00 bits per heavy atom. The van der Waals surface area contributed by atoms with Crippen molar-refractivity contribution in [2.45, 2.75) is 6.18 Å². The van der Waals surface area contributed by atoms with Gasteiger partial charge in [-0.15, -0.1) is 0 Å². The minimum atomic E-state index is -4.95. The predicted octanol–water partition coefficient (Wildman–Crippen LogP) is 1.22. The summed E-state index contributed by atoms with van der Waals surface area (Å²) in [7, 11) is 0.947. The van der Waals surface area contributed by atoms with Crippen LogP contribution in [-0.2, 0) is 6.18 Å². The summed E-state index contributed by atoms with van der Waals surface area (Å²) in [6.07, 6.45) is -2.73. The zero-order valence-electron chi connectivity index (χ0n) is 8.81. The van der Waals surface area contributed by atoms with E-state index < -0.39 is 29.5 Å². The quantitative estimate of drug-likeness (QED) is 0.602. The van der Waals surface area contributed by atoms with Crippen LogP contribution in [0.25, 0.3) is 5.95 Å². The van der Waals surface area contributed by atoms with Gasteiger partial charge in [0.15, 0.2) is 5.56 Å². The average Bonchev–Trinajstić information content (AvgIpc) is 2.79. The molecule has 0 spiro atoms. The van der Waals surface area contributed by atoms with Gasteiger partial charge in [0.1, 0.15) is 12.7 Å². The fourth-order valence-electron chi connectivity index (χ4n) is 1.20. The van der Waals surface area contributed by atoms with Gasteiger partial charge in [-0.3, -0.25) is 0 Å². The first-order valence-electron chi connectivity index (χ1n) is 4.47. The lowest BCUT2D eigenvalue weighted by Crippen LogP contribution is -2.16. The van der Waals surface area contributed by atoms with Crippen molar-refractivity contribution in [3.63, 3.8) is 0 Å². The molecule has 0 saturated heterocycles. The van der Waals surface area contributed by atoms with E-state index in [1.165, 1.54) is 0 Å². The minimum Gasteiger partial charge on any atom is -0.480 e. The second kappa shape index (κ2) is 4.20. The SMILES string of the molecule is COc1nc(-n2cncn2)nc(F)c1C(F)(F)F. The first kappa shape index (κ1) is 12.2. The zero-order chi connectivity index (χ0) is 13.3. The van der Waals surface area contributed by atoms with Crippen molar-refractivity contribution in [2.75, 3.05) is 7.11 Å². The highest BCUT2D eigenvalue weighted by atomic mass is 19.4. The highest BCUT2D eigenvalue weighted by Gasteiger charge is 2.40. The molecule has 2 aromatic rings. The molecule has 0 fully saturated rings. The topological polar surface area (TPSA) is 65.7 Å². The van der Waals surface area contributed by atoms with Crippen LogP contribution in [0.15, 0.2) is 12.7 Å². The van der Waals surface area contributed by atoms with Crippen molar-refractivity contribution in [1.82, 2.24) is 24.7 Å². The number of nitrogens with zero attached hydrogens (tertiary/aromatic N) is 5. The van der Waals surface area contributed by atoms with E-state index in [2.05, 4.69) is 24.8 Å². The summed E-state index contributed by atoms with van der Waals surface area (Å²) in [5.74, 6) is -3.06. The molecule has 2 heterocycles. The molecule has 0 saturated carbocycles. The summed E-state index contributed by atoms with van der Waals surface area (Å²) in [5, 5.41) is 3.57. The fraction of sp³-hybridized carbons (Fsp3) is 0.250. The van der Waals surface area contributed by atoms with E-state index in [0.717, 1.165) is 24.4 Å². The van der Waals surface area contributed by atoms with E-state index >= 15 is 0 Å². The molecule has 0 bridgehead atoms. The van der Waals surface area contributed by atoms with Gasteiger partial charge in [-0.25, -0.2) is 4.98 Å². The monoisotopic (exact) mass is 263 g/mol. The van der Waals surface area contributed by atoms with Gasteiger partial charge in [-0.05, 0) is 0 Å². The third-order valence-electron chi connectivity index (χ3n) is 1.92. The van der Waals surface area contributed by atoms with Crippen molar-refractivity contribution in [2.24, 2.45) is 0 Å². The first-order chi connectivity index (χ1) is 8.43. The Labute approximate surface area is 97.3 Å². The van der Waals surface area contributed by atoms with Crippen LogP contribution in [0.2, 0.25) is 0 Å². The Bertz CT molecular complexity index is 553. The zero-order valence-corrected chi connectivity index (χ0v) is 8.81. The van der Waals surface area contributed by atoms with Gasteiger partial charge in [0.05, 0.1) is 7.11 Å². The molecular weight excluding hydrogens is 258 g/mol. The van der Waals surface area contributed by atoms with Crippen molar-refractivity contribution in [1.29, 1.82) is 0 Å². The van der Waals surface area contributed by atoms with Crippen molar-refractivity contribution in [3.05, 3.63) is 24.2 Å². The van der Waals surface area contributed by atoms with Crippen LogP contribution in [0, 0.1) is 5.95 Å². The second-order valence-corrected chi connectivity index (χ2v) is 3.04. The molecule has 0 aliphatic heterocycles. The maximum Gasteiger partial charge on any atom is 0.426 e. The van der Waals surface area contributed by atoms with Gasteiger partial charge >= 0.3 is 6.18 Å². The molecule has 0 unspecified atom stereocenters. The molecule has 18 heavy (non-hydrogen) atoms. The number of hydrogen-bond donors (Lipinski definition) is 0. The van der Waals surface area contributed by atoms with E-state index in [9.17, 15) is 17.6 Å². The first-order valence-corrected chi connectivity index (χ1v) is 4.47. The average molecular weight is 263 g/mol. The molecule has 0 aliphatic carbocycles. The molecule has 0 N–H and O–H groups in total. The van der Waals surface area contributed by atoms with Crippen molar-refractivity contribution < 1.29 is 22.3 Å². The fourth-order valence-corrected chi connectivity index (χ4v) is 1.20. The Morgan fingerprint density at radius 1 is 1.28 bits per heavy atom. The number of alkyl halides is 3. The van der Waals surface area contributed by atoms with Gasteiger partial charge < -0.3 is 4.74 Å². The van der Waals surface area contributed by atoms with Crippen LogP contribution >= 0.6 is 0 Å². The molecule has 6 nitrogen and oxygen atoms in total. The largest absolute Gasteiger partial charge is 0.480 e. The molecule has 2 rings (SSSR count). The summed E-state index contributed by atoms with van der Waals surface area (Å²) in [4.78, 5) is 10.0. The van der Waals surface area contributed by atoms with E-state index in [0.29, 0.717) is 0 Å². The number of methoxy groups -OCH3 is 1. The second-order valence-electron chi connectivity index (χ2n) is 3.04. The van der Waals surface area contributed by atoms with E-state index in [1.54, 1.807) is 0 Å². The van der Waals surface area contributed by atoms with E-state index in [4.69, 9.17) is 0 Å². The highest BCUT2D eigenvalue weighted by molar-refractivity contribution is 5.31. The standard InChI is InChI=1S/C8H5F4N5O/c1-18-6-4(8(10,11)12)5(9)15-7(16-6)17-3-13-2-14-17/h2-3H,1H3. The highest BCUT2D eigenvalue weighted by Crippen LogP contribution is 2.36. The van der Waals surface area contributed by atoms with Gasteiger partial charge in [0.25, 0.3) is 5.95 Å². The number of rotatable bonds is 2. The molecule has 2 aromatic heterocycles. The minimum absolute atomic E-state index is 0.408. The van der Waals surface area contributed by atoms with Crippen LogP contribution in [-0.4, -0.2) is 31.8 Å². The van der Waals surface area contributed by atoms with E-state index in [-0.39, 0.29) is 0 Å². The molecule has 10 heteroatoms. The van der Waals surface area contributed by atoms with Crippen LogP contribution in [0.3, 0.4) is 0 Å². The van der Waals surface area contributed by atoms with Crippen LogP contribution in [0.5, 0.6) is 5.88 Å². The summed E-state index contributed by atoms with van der Waals surface area (Å²) in [5.41, 5.74) is -1.66. The molecule has 0 aromatic carbocycles. The molecule has 0 radical (unpaired) electrons. The maximum atomic E-state index is 13.4. The number of ether oxygens (including phenoxy) is 1. The third kappa shape index (κ3) is 2.08. The summed E-state index contributed by atoms with van der Waals surface area (Å²) in [6.45, 7) is 0. The van der Waals surface area contributed by atoms with Crippen LogP contribution < -0.4 is 4.74 Å². The molecular formula is C8H5F4N5O. The smallest absolute Gasteiger partial charge is 0.426 e. The maximum absolute atomic E-state index is 13.4. The van der Waals surface area contributed by atoms with E-state index in [1.807, 2.05) is 0 Å². The van der Waals surface area contributed by atoms with Crippen LogP contribution in [0.4, 0.5) is 17.6 Å². The molecule has 0 aliphatic rings. The molecule has 0 amide bonds. The van der Waals surface area contributed by atoms with Crippen molar-refractivity contribution >= 4 is 0 Å². The summed E-state index contributed by atoms with van der Waals surface area (Å²) < 4.78 is 56.3. The Hall–Kier alpha value is -2.26. The van der Waals surface area contributed by atoms with Crippen LogP contribution in [0.1, 0.15) is 5.56 Å². The molecule has 0 atom stereocenters. The van der Waals surface area contributed by atoms with Gasteiger partial charge in [-0.1, -0.05) is 0 Å². The normalized spacial score (nSPS) is 11.6. The molecule has 96 valence electrons. The van der Waals surface area contributed by atoms with Gasteiger partial charge in [0.2, 0.25) is 11.8 Å². The number of aromatic nitrogens is 5. The number of halogens is 4. The third-order valence-corrected chi connectivity index (χ3v) is 1.92. The lowest BCUT2D eigenvalue weighted by Gasteiger charge is -2.12. The Balaban J connectivity index is 2.61. The van der Waals surface area contributed by atoms with Gasteiger partial charge in [-0.2, -0.15) is 37.3 Å². The van der Waals surface area contributed by atoms with Gasteiger partial charge in [0, 0.05) is 0 Å². The summed E-state index contributed by atoms with van der Waals surface area (Å²) >= 11 is 0. The predicted molar refractivity (Wildman–Crippen MR) is 48.5 cm³/mol. The Morgan fingerprint density at radius 3 is 2.50 bits per heavy atom. The Kier molecular flexibility index (Phi) is 2.85. The number of hydrogen-bond acceptors (Lipinski definition) is 5. The van der Waals surface area contributed by atoms with Crippen molar-refractivity contribution in [3.8, 4) is 11.8 Å². The lowest BCUT2D eigenvalue weighted by molar-refractivity contribution is -0.142.